The highest BCUT2D eigenvalue weighted by Crippen LogP contribution is 2.30. The summed E-state index contributed by atoms with van der Waals surface area (Å²) in [5.41, 5.74) is 0.443. The topological polar surface area (TPSA) is 24.5 Å². The van der Waals surface area contributed by atoms with E-state index in [1.807, 2.05) is 0 Å². The molecule has 0 aromatic rings. The van der Waals surface area contributed by atoms with Gasteiger partial charge in [-0.1, -0.05) is 13.8 Å². The maximum atomic E-state index is 5.50. The largest absolute Gasteiger partial charge is 0.381 e. The predicted molar refractivity (Wildman–Crippen MR) is 68.8 cm³/mol. The molecule has 0 amide bonds. The van der Waals surface area contributed by atoms with Crippen molar-refractivity contribution in [2.75, 3.05) is 46.4 Å². The summed E-state index contributed by atoms with van der Waals surface area (Å²) in [7, 11) is 2.22. The fraction of sp³-hybridized carbons (Fsp3) is 1.00. The fourth-order valence-corrected chi connectivity index (χ4v) is 2.41. The lowest BCUT2D eigenvalue weighted by Gasteiger charge is -2.40. The van der Waals surface area contributed by atoms with Crippen molar-refractivity contribution in [3.63, 3.8) is 0 Å². The van der Waals surface area contributed by atoms with Gasteiger partial charge in [-0.05, 0) is 44.8 Å². The first kappa shape index (κ1) is 13.9. The zero-order valence-electron chi connectivity index (χ0n) is 11.2. The highest BCUT2D eigenvalue weighted by molar-refractivity contribution is 4.86. The average molecular weight is 228 g/mol. The molecule has 0 unspecified atom stereocenters. The first-order valence-corrected chi connectivity index (χ1v) is 6.69. The molecule has 0 bridgehead atoms. The van der Waals surface area contributed by atoms with Crippen molar-refractivity contribution < 1.29 is 4.74 Å². The van der Waals surface area contributed by atoms with Crippen molar-refractivity contribution >= 4 is 0 Å². The monoisotopic (exact) mass is 228 g/mol. The van der Waals surface area contributed by atoms with E-state index >= 15 is 0 Å². The molecule has 0 radical (unpaired) electrons. The zero-order valence-corrected chi connectivity index (χ0v) is 11.2. The Labute approximate surface area is 101 Å². The minimum atomic E-state index is 0.443. The van der Waals surface area contributed by atoms with E-state index in [0.29, 0.717) is 5.41 Å². The lowest BCUT2D eigenvalue weighted by Crippen LogP contribution is -2.46. The molecule has 0 aliphatic carbocycles. The number of hydrogen-bond donors (Lipinski definition) is 1. The summed E-state index contributed by atoms with van der Waals surface area (Å²) in [5.74, 6) is 0. The summed E-state index contributed by atoms with van der Waals surface area (Å²) in [5, 5.41) is 3.59. The smallest absolute Gasteiger partial charge is 0.0472 e. The van der Waals surface area contributed by atoms with E-state index < -0.39 is 0 Å². The number of nitrogens with one attached hydrogen (secondary N) is 1. The van der Waals surface area contributed by atoms with Crippen LogP contribution in [-0.2, 0) is 4.74 Å². The van der Waals surface area contributed by atoms with E-state index in [1.54, 1.807) is 0 Å². The van der Waals surface area contributed by atoms with Crippen LogP contribution in [0.4, 0.5) is 0 Å². The lowest BCUT2D eigenvalue weighted by atomic mass is 9.79. The SMILES string of the molecule is CCCNCC1(CN(C)CC)CCOCC1. The minimum Gasteiger partial charge on any atom is -0.381 e. The quantitative estimate of drug-likeness (QED) is 0.672. The molecular formula is C13H28N2O. The van der Waals surface area contributed by atoms with Gasteiger partial charge in [-0.3, -0.25) is 0 Å². The van der Waals surface area contributed by atoms with Crippen LogP contribution < -0.4 is 5.32 Å². The second-order valence-corrected chi connectivity index (χ2v) is 5.12. The third-order valence-electron chi connectivity index (χ3n) is 3.63. The molecule has 1 N–H and O–H groups in total. The van der Waals surface area contributed by atoms with Gasteiger partial charge in [0.1, 0.15) is 0 Å². The molecule has 0 aromatic carbocycles. The summed E-state index contributed by atoms with van der Waals surface area (Å²) < 4.78 is 5.50. The van der Waals surface area contributed by atoms with Gasteiger partial charge in [0.15, 0.2) is 0 Å². The Balaban J connectivity index is 2.45. The molecule has 1 rings (SSSR count). The zero-order chi connectivity index (χ0) is 11.9. The number of ether oxygens (including phenoxy) is 1. The van der Waals surface area contributed by atoms with Crippen molar-refractivity contribution in [1.82, 2.24) is 10.2 Å². The Hall–Kier alpha value is -0.120. The molecular weight excluding hydrogens is 200 g/mol. The Bertz CT molecular complexity index is 179. The summed E-state index contributed by atoms with van der Waals surface area (Å²) >= 11 is 0. The normalized spacial score (nSPS) is 20.2. The summed E-state index contributed by atoms with van der Waals surface area (Å²) in [4.78, 5) is 2.43. The van der Waals surface area contributed by atoms with Crippen LogP contribution in [0.1, 0.15) is 33.1 Å². The van der Waals surface area contributed by atoms with Crippen LogP contribution >= 0.6 is 0 Å². The highest BCUT2D eigenvalue weighted by atomic mass is 16.5. The van der Waals surface area contributed by atoms with E-state index in [9.17, 15) is 0 Å². The van der Waals surface area contributed by atoms with Gasteiger partial charge in [0, 0.05) is 26.3 Å². The minimum absolute atomic E-state index is 0.443. The second-order valence-electron chi connectivity index (χ2n) is 5.12. The van der Waals surface area contributed by atoms with Gasteiger partial charge in [-0.2, -0.15) is 0 Å². The average Bonchev–Trinajstić information content (AvgIpc) is 2.30. The van der Waals surface area contributed by atoms with Crippen LogP contribution in [0, 0.1) is 5.41 Å². The van der Waals surface area contributed by atoms with E-state index in [2.05, 4.69) is 31.1 Å². The molecule has 0 saturated carbocycles. The van der Waals surface area contributed by atoms with Gasteiger partial charge >= 0.3 is 0 Å². The third-order valence-corrected chi connectivity index (χ3v) is 3.63. The lowest BCUT2D eigenvalue weighted by molar-refractivity contribution is 0.000182. The molecule has 1 fully saturated rings. The summed E-state index contributed by atoms with van der Waals surface area (Å²) in [6, 6.07) is 0. The molecule has 1 saturated heterocycles. The van der Waals surface area contributed by atoms with Gasteiger partial charge in [-0.15, -0.1) is 0 Å². The Morgan fingerprint density at radius 1 is 1.25 bits per heavy atom. The van der Waals surface area contributed by atoms with Crippen molar-refractivity contribution in [3.8, 4) is 0 Å². The molecule has 0 aromatic heterocycles. The Morgan fingerprint density at radius 2 is 1.94 bits per heavy atom. The molecule has 1 heterocycles. The van der Waals surface area contributed by atoms with Gasteiger partial charge in [0.25, 0.3) is 0 Å². The van der Waals surface area contributed by atoms with Crippen LogP contribution in [0.25, 0.3) is 0 Å². The van der Waals surface area contributed by atoms with Crippen molar-refractivity contribution in [1.29, 1.82) is 0 Å². The van der Waals surface area contributed by atoms with Crippen LogP contribution in [0.5, 0.6) is 0 Å². The molecule has 1 aliphatic heterocycles. The van der Waals surface area contributed by atoms with Gasteiger partial charge in [-0.25, -0.2) is 0 Å². The van der Waals surface area contributed by atoms with Crippen molar-refractivity contribution in [3.05, 3.63) is 0 Å². The van der Waals surface area contributed by atoms with Crippen LogP contribution in [0.2, 0.25) is 0 Å². The molecule has 96 valence electrons. The molecule has 1 aliphatic rings. The first-order valence-electron chi connectivity index (χ1n) is 6.69. The van der Waals surface area contributed by atoms with Crippen LogP contribution in [0.3, 0.4) is 0 Å². The number of rotatable bonds is 7. The first-order chi connectivity index (χ1) is 7.72. The van der Waals surface area contributed by atoms with Gasteiger partial charge in [0.2, 0.25) is 0 Å². The highest BCUT2D eigenvalue weighted by Gasteiger charge is 2.32. The van der Waals surface area contributed by atoms with Crippen molar-refractivity contribution in [2.24, 2.45) is 5.41 Å². The second kappa shape index (κ2) is 7.25. The standard InChI is InChI=1S/C13H28N2O/c1-4-8-14-11-13(12-15(3)5-2)6-9-16-10-7-13/h14H,4-12H2,1-3H3. The predicted octanol–water partition coefficient (Wildman–Crippen LogP) is 1.73. The Kier molecular flexibility index (Phi) is 6.32. The van der Waals surface area contributed by atoms with E-state index in [1.165, 1.54) is 25.8 Å². The summed E-state index contributed by atoms with van der Waals surface area (Å²) in [6.45, 7) is 10.9. The van der Waals surface area contributed by atoms with E-state index in [-0.39, 0.29) is 0 Å². The fourth-order valence-electron chi connectivity index (χ4n) is 2.41. The summed E-state index contributed by atoms with van der Waals surface area (Å²) in [6.07, 6.45) is 3.62. The van der Waals surface area contributed by atoms with Crippen LogP contribution in [0.15, 0.2) is 0 Å². The maximum absolute atomic E-state index is 5.50. The van der Waals surface area contributed by atoms with Gasteiger partial charge in [0.05, 0.1) is 0 Å². The number of nitrogens with zero attached hydrogens (tertiary/aromatic N) is 1. The maximum Gasteiger partial charge on any atom is 0.0472 e. The van der Waals surface area contributed by atoms with Crippen molar-refractivity contribution in [2.45, 2.75) is 33.1 Å². The van der Waals surface area contributed by atoms with E-state index in [0.717, 1.165) is 32.8 Å². The molecule has 0 atom stereocenters. The third kappa shape index (κ3) is 4.40. The molecule has 16 heavy (non-hydrogen) atoms. The number of hydrogen-bond acceptors (Lipinski definition) is 3. The van der Waals surface area contributed by atoms with E-state index in [4.69, 9.17) is 4.74 Å². The van der Waals surface area contributed by atoms with Gasteiger partial charge < -0.3 is 15.0 Å². The molecule has 0 spiro atoms. The van der Waals surface area contributed by atoms with Crippen LogP contribution in [-0.4, -0.2) is 51.3 Å². The molecule has 3 nitrogen and oxygen atoms in total. The Morgan fingerprint density at radius 3 is 2.50 bits per heavy atom. The molecule has 3 heteroatoms.